The second-order valence-electron chi connectivity index (χ2n) is 2.73. The molecule has 0 N–H and O–H groups in total. The zero-order chi connectivity index (χ0) is 5.82. The Morgan fingerprint density at radius 1 is 1.11 bits per heavy atom. The molecule has 0 aromatic heterocycles. The second-order valence-corrected chi connectivity index (χ2v) is 2.73. The van der Waals surface area contributed by atoms with Crippen LogP contribution in [0.15, 0.2) is 0 Å². The van der Waals surface area contributed by atoms with Gasteiger partial charge in [-0.25, -0.2) is 0 Å². The fraction of sp³-hybridized carbons (Fsp3) is 0.875. The fourth-order valence-corrected chi connectivity index (χ4v) is 1.47. The molecule has 48 valence electrons. The van der Waals surface area contributed by atoms with Crippen LogP contribution in [0, 0.1) is 12.3 Å². The van der Waals surface area contributed by atoms with Crippen LogP contribution in [0.5, 0.6) is 0 Å². The Kier molecular flexibility index (Phi) is 5.75. The largest absolute Gasteiger partial charge is 1.00 e. The van der Waals surface area contributed by atoms with Crippen molar-refractivity contribution in [2.45, 2.75) is 39.0 Å². The minimum atomic E-state index is 0. The third kappa shape index (κ3) is 3.33. The molecule has 0 radical (unpaired) electrons. The molecule has 0 aliphatic heterocycles. The zero-order valence-corrected chi connectivity index (χ0v) is 6.69. The van der Waals surface area contributed by atoms with Gasteiger partial charge in [-0.15, -0.1) is 0 Å². The molecule has 0 spiro atoms. The van der Waals surface area contributed by atoms with Crippen molar-refractivity contribution in [3.05, 3.63) is 6.42 Å². The van der Waals surface area contributed by atoms with E-state index in [0.717, 1.165) is 5.92 Å². The Morgan fingerprint density at radius 3 is 2.00 bits per heavy atom. The molecule has 9 heavy (non-hydrogen) atoms. The van der Waals surface area contributed by atoms with Crippen molar-refractivity contribution in [3.63, 3.8) is 0 Å². The van der Waals surface area contributed by atoms with Gasteiger partial charge >= 0.3 is 18.9 Å². The van der Waals surface area contributed by atoms with E-state index in [1.54, 1.807) is 0 Å². The molecule has 0 nitrogen and oxygen atoms in total. The van der Waals surface area contributed by atoms with Crippen LogP contribution < -0.4 is 18.9 Å². The van der Waals surface area contributed by atoms with Gasteiger partial charge in [-0.3, -0.25) is 0 Å². The fourth-order valence-electron chi connectivity index (χ4n) is 1.47. The van der Waals surface area contributed by atoms with Gasteiger partial charge in [0.05, 0.1) is 0 Å². The molecule has 0 bridgehead atoms. The summed E-state index contributed by atoms with van der Waals surface area (Å²) in [6.45, 7) is 2.19. The van der Waals surface area contributed by atoms with Crippen LogP contribution in [0.2, 0.25) is 0 Å². The summed E-state index contributed by atoms with van der Waals surface area (Å²) in [5.41, 5.74) is 0. The van der Waals surface area contributed by atoms with E-state index in [-0.39, 0.29) is 18.9 Å². The van der Waals surface area contributed by atoms with E-state index in [1.165, 1.54) is 32.1 Å². The van der Waals surface area contributed by atoms with Crippen LogP contribution in [0.3, 0.4) is 0 Å². The molecular formula is C8H15Li. The average molecular weight is 118 g/mol. The van der Waals surface area contributed by atoms with Gasteiger partial charge in [0.2, 0.25) is 0 Å². The predicted octanol–water partition coefficient (Wildman–Crippen LogP) is -0.205. The van der Waals surface area contributed by atoms with Crippen molar-refractivity contribution in [1.82, 2.24) is 0 Å². The molecule has 0 atom stereocenters. The minimum absolute atomic E-state index is 0. The van der Waals surface area contributed by atoms with E-state index in [9.17, 15) is 0 Å². The normalized spacial score (nSPS) is 21.0. The van der Waals surface area contributed by atoms with Crippen LogP contribution in [-0.4, -0.2) is 0 Å². The topological polar surface area (TPSA) is 0 Å². The van der Waals surface area contributed by atoms with Crippen LogP contribution in [0.1, 0.15) is 39.0 Å². The molecule has 0 unspecified atom stereocenters. The van der Waals surface area contributed by atoms with Gasteiger partial charge < -0.3 is 6.42 Å². The molecule has 0 aromatic rings. The Morgan fingerprint density at radius 2 is 1.67 bits per heavy atom. The Balaban J connectivity index is 0.000000640. The first-order valence-electron chi connectivity index (χ1n) is 3.73. The van der Waals surface area contributed by atoms with Crippen LogP contribution in [0.4, 0.5) is 0 Å². The predicted molar refractivity (Wildman–Crippen MR) is 36.5 cm³/mol. The molecule has 0 aromatic carbocycles. The molecule has 0 heterocycles. The molecule has 0 saturated heterocycles. The van der Waals surface area contributed by atoms with E-state index in [0.29, 0.717) is 0 Å². The van der Waals surface area contributed by atoms with Crippen molar-refractivity contribution in [1.29, 1.82) is 0 Å². The molecule has 1 aliphatic rings. The van der Waals surface area contributed by atoms with Gasteiger partial charge in [0.25, 0.3) is 0 Å². The van der Waals surface area contributed by atoms with Crippen molar-refractivity contribution in [3.8, 4) is 0 Å². The van der Waals surface area contributed by atoms with Crippen LogP contribution in [-0.2, 0) is 0 Å². The summed E-state index contributed by atoms with van der Waals surface area (Å²) in [5.74, 6) is 0.962. The van der Waals surface area contributed by atoms with Gasteiger partial charge in [-0.05, 0) is 0 Å². The maximum absolute atomic E-state index is 2.36. The van der Waals surface area contributed by atoms with Gasteiger partial charge in [-0.2, -0.15) is 12.8 Å². The van der Waals surface area contributed by atoms with Gasteiger partial charge in [0, 0.05) is 0 Å². The van der Waals surface area contributed by atoms with Gasteiger partial charge in [-0.1, -0.05) is 32.1 Å². The summed E-state index contributed by atoms with van der Waals surface area (Å²) in [6.07, 6.45) is 9.68. The third-order valence-corrected chi connectivity index (χ3v) is 2.12. The van der Waals surface area contributed by atoms with Crippen LogP contribution >= 0.6 is 0 Å². The average Bonchev–Trinajstić information content (AvgIpc) is 1.90. The van der Waals surface area contributed by atoms with Crippen LogP contribution in [0.25, 0.3) is 0 Å². The molecule has 1 aliphatic carbocycles. The maximum atomic E-state index is 2.36. The van der Waals surface area contributed by atoms with E-state index in [1.807, 2.05) is 0 Å². The quantitative estimate of drug-likeness (QED) is 0.330. The Bertz CT molecular complexity index is 55.6. The molecule has 1 heteroatoms. The standard InChI is InChI=1S/C8H15.Li/c1-2-8-6-4-3-5-7-8;/h2,8H,3-7H2,1H3;/q-1;+1. The van der Waals surface area contributed by atoms with E-state index in [2.05, 4.69) is 13.3 Å². The van der Waals surface area contributed by atoms with E-state index in [4.69, 9.17) is 0 Å². The minimum Gasteiger partial charge on any atom is -0.328 e. The monoisotopic (exact) mass is 118 g/mol. The summed E-state index contributed by atoms with van der Waals surface area (Å²) in [4.78, 5) is 0. The number of hydrogen-bond donors (Lipinski definition) is 0. The Labute approximate surface area is 70.6 Å². The first kappa shape index (κ1) is 9.60. The van der Waals surface area contributed by atoms with Crippen molar-refractivity contribution >= 4 is 0 Å². The number of hydrogen-bond acceptors (Lipinski definition) is 0. The second kappa shape index (κ2) is 5.39. The van der Waals surface area contributed by atoms with Gasteiger partial charge in [0.1, 0.15) is 0 Å². The summed E-state index contributed by atoms with van der Waals surface area (Å²) >= 11 is 0. The van der Waals surface area contributed by atoms with E-state index < -0.39 is 0 Å². The Hall–Kier alpha value is 0.597. The van der Waals surface area contributed by atoms with E-state index >= 15 is 0 Å². The summed E-state index contributed by atoms with van der Waals surface area (Å²) in [5, 5.41) is 0. The third-order valence-electron chi connectivity index (χ3n) is 2.12. The summed E-state index contributed by atoms with van der Waals surface area (Å²) in [7, 11) is 0. The maximum Gasteiger partial charge on any atom is 1.00 e. The van der Waals surface area contributed by atoms with Crippen molar-refractivity contribution in [2.24, 2.45) is 5.92 Å². The first-order chi connectivity index (χ1) is 3.93. The molecule has 1 rings (SSSR count). The van der Waals surface area contributed by atoms with Crippen molar-refractivity contribution in [2.75, 3.05) is 0 Å². The van der Waals surface area contributed by atoms with Gasteiger partial charge in [0.15, 0.2) is 0 Å². The smallest absolute Gasteiger partial charge is 0.328 e. The van der Waals surface area contributed by atoms with Crippen molar-refractivity contribution < 1.29 is 18.9 Å². The molecule has 0 amide bonds. The summed E-state index contributed by atoms with van der Waals surface area (Å²) in [6, 6.07) is 0. The first-order valence-corrected chi connectivity index (χ1v) is 3.73. The summed E-state index contributed by atoms with van der Waals surface area (Å²) < 4.78 is 0. The number of rotatable bonds is 1. The molecule has 1 fully saturated rings. The molecule has 1 saturated carbocycles. The molecular weight excluding hydrogens is 103 g/mol. The SMILES string of the molecule is C[CH-]C1CCCCC1.[Li+]. The zero-order valence-electron chi connectivity index (χ0n) is 6.69.